The second kappa shape index (κ2) is 6.65. The Hall–Kier alpha value is -2.69. The van der Waals surface area contributed by atoms with Crippen LogP contribution in [-0.4, -0.2) is 10.5 Å². The van der Waals surface area contributed by atoms with Gasteiger partial charge in [0, 0.05) is 11.2 Å². The van der Waals surface area contributed by atoms with E-state index in [0.29, 0.717) is 0 Å². The highest BCUT2D eigenvalue weighted by atomic mass is 32.2. The molecule has 102 valence electrons. The largest absolute Gasteiger partial charge is 0.255 e. The number of allylic oxidation sites excluding steroid dienone is 1. The maximum absolute atomic E-state index is 11.8. The lowest BCUT2D eigenvalue weighted by atomic mass is 10.0. The van der Waals surface area contributed by atoms with Gasteiger partial charge in [-0.05, 0) is 28.8 Å². The molecule has 0 radical (unpaired) electrons. The van der Waals surface area contributed by atoms with Gasteiger partial charge in [0.25, 0.3) is 0 Å². The molecule has 0 amide bonds. The topological polar surface area (TPSA) is 64.7 Å². The number of nitrogens with zero attached hydrogens (tertiary/aromatic N) is 2. The molecule has 0 N–H and O–H groups in total. The van der Waals surface area contributed by atoms with Crippen molar-refractivity contribution in [1.29, 1.82) is 10.5 Å². The van der Waals surface area contributed by atoms with Crippen LogP contribution in [0.25, 0.3) is 17.2 Å². The maximum Gasteiger partial charge on any atom is 0.130 e. The molecule has 1 unspecified atom stereocenters. The Morgan fingerprint density at radius 1 is 1.05 bits per heavy atom. The number of nitriles is 2. The van der Waals surface area contributed by atoms with Gasteiger partial charge in [-0.15, -0.1) is 0 Å². The fourth-order valence-electron chi connectivity index (χ4n) is 1.97. The van der Waals surface area contributed by atoms with E-state index in [0.717, 1.165) is 21.6 Å². The molecule has 1 atom stereocenters. The van der Waals surface area contributed by atoms with E-state index in [-0.39, 0.29) is 5.57 Å². The fraction of sp³-hybridized carbons (Fsp3) is 0.0588. The van der Waals surface area contributed by atoms with Crippen LogP contribution in [0.4, 0.5) is 0 Å². The third-order valence-corrected chi connectivity index (χ3v) is 3.95. The quantitative estimate of drug-likeness (QED) is 0.813. The Balaban J connectivity index is 2.42. The zero-order valence-electron chi connectivity index (χ0n) is 11.4. The molecule has 0 aliphatic carbocycles. The summed E-state index contributed by atoms with van der Waals surface area (Å²) >= 11 is 0. The molecule has 0 aliphatic heterocycles. The lowest BCUT2D eigenvalue weighted by Gasteiger charge is -2.07. The van der Waals surface area contributed by atoms with Crippen molar-refractivity contribution in [2.24, 2.45) is 0 Å². The molecule has 0 spiro atoms. The molecule has 4 heteroatoms. The summed E-state index contributed by atoms with van der Waals surface area (Å²) in [5, 5.41) is 17.5. The van der Waals surface area contributed by atoms with E-state index in [1.54, 1.807) is 6.26 Å². The molecule has 2 rings (SSSR count). The van der Waals surface area contributed by atoms with Crippen molar-refractivity contribution in [2.75, 3.05) is 6.26 Å². The highest BCUT2D eigenvalue weighted by Gasteiger charge is 2.07. The third kappa shape index (κ3) is 3.45. The predicted octanol–water partition coefficient (Wildman–Crippen LogP) is 3.52. The van der Waals surface area contributed by atoms with Crippen LogP contribution in [0, 0.1) is 22.7 Å². The Morgan fingerprint density at radius 2 is 1.67 bits per heavy atom. The number of rotatable bonds is 3. The zero-order chi connectivity index (χ0) is 15.2. The molecule has 0 saturated carbocycles. The molecule has 0 bridgehead atoms. The van der Waals surface area contributed by atoms with Crippen LogP contribution < -0.4 is 0 Å². The van der Waals surface area contributed by atoms with Crippen molar-refractivity contribution < 1.29 is 4.21 Å². The molecule has 2 aromatic rings. The number of hydrogen-bond donors (Lipinski definition) is 0. The van der Waals surface area contributed by atoms with Crippen LogP contribution in [0.1, 0.15) is 5.56 Å². The highest BCUT2D eigenvalue weighted by molar-refractivity contribution is 7.84. The van der Waals surface area contributed by atoms with Crippen molar-refractivity contribution in [3.05, 3.63) is 59.7 Å². The molecule has 0 aromatic heterocycles. The first-order valence-corrected chi connectivity index (χ1v) is 7.76. The smallest absolute Gasteiger partial charge is 0.130 e. The SMILES string of the molecule is CS(=O)c1ccccc1-c1ccc(C=C(C#N)C#N)cc1. The van der Waals surface area contributed by atoms with Crippen LogP contribution in [0.15, 0.2) is 59.0 Å². The van der Waals surface area contributed by atoms with Gasteiger partial charge in [0.05, 0.1) is 10.8 Å². The van der Waals surface area contributed by atoms with Crippen LogP contribution in [0.5, 0.6) is 0 Å². The first kappa shape index (κ1) is 14.7. The van der Waals surface area contributed by atoms with Crippen molar-refractivity contribution in [1.82, 2.24) is 0 Å². The van der Waals surface area contributed by atoms with E-state index in [2.05, 4.69) is 0 Å². The van der Waals surface area contributed by atoms with Gasteiger partial charge >= 0.3 is 0 Å². The molecule has 3 nitrogen and oxygen atoms in total. The van der Waals surface area contributed by atoms with Gasteiger partial charge in [0.1, 0.15) is 17.7 Å². The van der Waals surface area contributed by atoms with E-state index in [1.807, 2.05) is 60.7 Å². The summed E-state index contributed by atoms with van der Waals surface area (Å²) in [6, 6.07) is 18.7. The fourth-order valence-corrected chi connectivity index (χ4v) is 2.74. The summed E-state index contributed by atoms with van der Waals surface area (Å²) in [5.41, 5.74) is 2.73. The first-order valence-electron chi connectivity index (χ1n) is 6.20. The van der Waals surface area contributed by atoms with Gasteiger partial charge in [-0.1, -0.05) is 42.5 Å². The molecule has 0 fully saturated rings. The van der Waals surface area contributed by atoms with Gasteiger partial charge < -0.3 is 0 Å². The Labute approximate surface area is 126 Å². The van der Waals surface area contributed by atoms with Crippen LogP contribution >= 0.6 is 0 Å². The normalized spacial score (nSPS) is 11.0. The first-order chi connectivity index (χ1) is 10.2. The lowest BCUT2D eigenvalue weighted by molar-refractivity contribution is 0.687. The van der Waals surface area contributed by atoms with E-state index in [4.69, 9.17) is 10.5 Å². The molecule has 2 aromatic carbocycles. The Bertz CT molecular complexity index is 777. The summed E-state index contributed by atoms with van der Waals surface area (Å²) in [4.78, 5) is 0.788. The molecular weight excluding hydrogens is 280 g/mol. The standard InChI is InChI=1S/C17H12N2OS/c1-21(20)17-5-3-2-4-16(17)15-8-6-13(7-9-15)10-14(11-18)12-19/h2-10H,1H3. The molecule has 0 heterocycles. The van der Waals surface area contributed by atoms with Gasteiger partial charge in [-0.25, -0.2) is 0 Å². The van der Waals surface area contributed by atoms with Crippen molar-refractivity contribution in [3.8, 4) is 23.3 Å². The Morgan fingerprint density at radius 3 is 2.24 bits per heavy atom. The van der Waals surface area contributed by atoms with Gasteiger partial charge in [0.2, 0.25) is 0 Å². The maximum atomic E-state index is 11.8. The average Bonchev–Trinajstić information content (AvgIpc) is 2.53. The van der Waals surface area contributed by atoms with Gasteiger partial charge in [0.15, 0.2) is 0 Å². The van der Waals surface area contributed by atoms with E-state index in [9.17, 15) is 4.21 Å². The molecule has 0 aliphatic rings. The minimum Gasteiger partial charge on any atom is -0.255 e. The average molecular weight is 292 g/mol. The monoisotopic (exact) mass is 292 g/mol. The van der Waals surface area contributed by atoms with Crippen LogP contribution in [0.2, 0.25) is 0 Å². The number of hydrogen-bond acceptors (Lipinski definition) is 3. The molecule has 0 saturated heterocycles. The van der Waals surface area contributed by atoms with E-state index in [1.165, 1.54) is 6.08 Å². The van der Waals surface area contributed by atoms with Crippen molar-refractivity contribution in [2.45, 2.75) is 4.90 Å². The minimum atomic E-state index is -1.06. The second-order valence-electron chi connectivity index (χ2n) is 4.35. The van der Waals surface area contributed by atoms with Crippen molar-refractivity contribution >= 4 is 16.9 Å². The number of benzene rings is 2. The van der Waals surface area contributed by atoms with E-state index >= 15 is 0 Å². The molecule has 21 heavy (non-hydrogen) atoms. The van der Waals surface area contributed by atoms with Crippen LogP contribution in [-0.2, 0) is 10.8 Å². The van der Waals surface area contributed by atoms with Gasteiger partial charge in [-0.2, -0.15) is 10.5 Å². The summed E-state index contributed by atoms with van der Waals surface area (Å²) in [6.07, 6.45) is 3.19. The summed E-state index contributed by atoms with van der Waals surface area (Å²) in [7, 11) is -1.06. The summed E-state index contributed by atoms with van der Waals surface area (Å²) < 4.78 is 11.8. The lowest BCUT2D eigenvalue weighted by Crippen LogP contribution is -1.91. The van der Waals surface area contributed by atoms with Crippen molar-refractivity contribution in [3.63, 3.8) is 0 Å². The molecular formula is C17H12N2OS. The van der Waals surface area contributed by atoms with E-state index < -0.39 is 10.8 Å². The Kier molecular flexibility index (Phi) is 4.66. The third-order valence-electron chi connectivity index (χ3n) is 2.97. The highest BCUT2D eigenvalue weighted by Crippen LogP contribution is 2.26. The minimum absolute atomic E-state index is 0.0674. The summed E-state index contributed by atoms with van der Waals surface area (Å²) in [6.45, 7) is 0. The van der Waals surface area contributed by atoms with Crippen LogP contribution in [0.3, 0.4) is 0 Å². The zero-order valence-corrected chi connectivity index (χ0v) is 12.2. The van der Waals surface area contributed by atoms with Gasteiger partial charge in [-0.3, -0.25) is 4.21 Å². The predicted molar refractivity (Wildman–Crippen MR) is 83.4 cm³/mol. The summed E-state index contributed by atoms with van der Waals surface area (Å²) in [5.74, 6) is 0. The second-order valence-corrected chi connectivity index (χ2v) is 5.70.